The fraction of sp³-hybridized carbons (Fsp3) is 0.500. The summed E-state index contributed by atoms with van der Waals surface area (Å²) in [6.07, 6.45) is 6.99. The van der Waals surface area contributed by atoms with Gasteiger partial charge < -0.3 is 0 Å². The molecule has 8 heteroatoms. The van der Waals surface area contributed by atoms with Crippen molar-refractivity contribution in [3.63, 3.8) is 0 Å². The van der Waals surface area contributed by atoms with Crippen molar-refractivity contribution in [1.82, 2.24) is 20.1 Å². The molecule has 6 nitrogen and oxygen atoms in total. The van der Waals surface area contributed by atoms with Crippen LogP contribution >= 0.6 is 11.8 Å². The number of aromatic nitrogens is 3. The quantitative estimate of drug-likeness (QED) is 0.785. The molecular formula is C20H23FN4O2S. The largest absolute Gasteiger partial charge is 0.278 e. The van der Waals surface area contributed by atoms with E-state index in [1.807, 2.05) is 0 Å². The zero-order valence-corrected chi connectivity index (χ0v) is 16.4. The third kappa shape index (κ3) is 4.11. The summed E-state index contributed by atoms with van der Waals surface area (Å²) in [6.45, 7) is 0.382. The first kappa shape index (κ1) is 19.1. The van der Waals surface area contributed by atoms with Crippen LogP contribution in [0, 0.1) is 5.82 Å². The summed E-state index contributed by atoms with van der Waals surface area (Å²) in [5.41, 5.74) is 0.321. The lowest BCUT2D eigenvalue weighted by molar-refractivity contribution is -0.127. The van der Waals surface area contributed by atoms with Crippen molar-refractivity contribution in [3.05, 3.63) is 41.5 Å². The Labute approximate surface area is 167 Å². The highest BCUT2D eigenvalue weighted by molar-refractivity contribution is 8.00. The molecule has 1 aromatic carbocycles. The van der Waals surface area contributed by atoms with Crippen molar-refractivity contribution in [2.45, 2.75) is 61.3 Å². The molecule has 2 amide bonds. The maximum atomic E-state index is 13.1. The number of benzene rings is 1. The molecule has 1 unspecified atom stereocenters. The number of rotatable bonds is 4. The molecule has 2 aromatic rings. The second kappa shape index (κ2) is 8.43. The standard InChI is InChI=1S/C20H23FN4O2S/c21-15-10-8-14(9-11-15)18(26)25-12-4-3-7-16(19(25)27)28-20-22-17(23-24-20)13-5-1-2-6-13/h8-11,13,16H,1-7,12H2,(H,22,23,24). The number of carbonyl (C=O) groups is 2. The molecule has 1 atom stereocenters. The molecule has 148 valence electrons. The van der Waals surface area contributed by atoms with Gasteiger partial charge in [-0.1, -0.05) is 31.0 Å². The summed E-state index contributed by atoms with van der Waals surface area (Å²) in [5.74, 6) is 0.335. The number of nitrogens with zero attached hydrogens (tertiary/aromatic N) is 3. The molecule has 2 heterocycles. The molecule has 4 rings (SSSR count). The minimum atomic E-state index is -0.408. The number of likely N-dealkylation sites (tertiary alicyclic amines) is 1. The predicted molar refractivity (Wildman–Crippen MR) is 104 cm³/mol. The second-order valence-corrected chi connectivity index (χ2v) is 8.56. The Morgan fingerprint density at radius 3 is 2.57 bits per heavy atom. The van der Waals surface area contributed by atoms with E-state index in [1.165, 1.54) is 53.8 Å². The lowest BCUT2D eigenvalue weighted by Crippen LogP contribution is -2.41. The molecule has 1 aliphatic heterocycles. The molecule has 2 aliphatic rings. The molecule has 1 aromatic heterocycles. The second-order valence-electron chi connectivity index (χ2n) is 7.39. The lowest BCUT2D eigenvalue weighted by Gasteiger charge is -2.21. The first-order valence-corrected chi connectivity index (χ1v) is 10.7. The van der Waals surface area contributed by atoms with Crippen LogP contribution in [-0.4, -0.2) is 43.7 Å². The number of amides is 2. The number of nitrogens with one attached hydrogen (secondary N) is 1. The normalized spacial score (nSPS) is 21.1. The number of carbonyl (C=O) groups excluding carboxylic acids is 2. The number of halogens is 1. The number of thioether (sulfide) groups is 1. The van der Waals surface area contributed by atoms with Crippen molar-refractivity contribution in [2.75, 3.05) is 6.54 Å². The van der Waals surface area contributed by atoms with Crippen LogP contribution in [0.5, 0.6) is 0 Å². The van der Waals surface area contributed by atoms with Crippen molar-refractivity contribution in [1.29, 1.82) is 0 Å². The minimum absolute atomic E-state index is 0.218. The fourth-order valence-corrected chi connectivity index (χ4v) is 4.90. The summed E-state index contributed by atoms with van der Waals surface area (Å²) in [7, 11) is 0. The van der Waals surface area contributed by atoms with Crippen LogP contribution < -0.4 is 0 Å². The Hall–Kier alpha value is -2.22. The lowest BCUT2D eigenvalue weighted by atomic mass is 10.1. The van der Waals surface area contributed by atoms with Gasteiger partial charge in [-0.3, -0.25) is 19.6 Å². The summed E-state index contributed by atoms with van der Waals surface area (Å²) in [6, 6.07) is 5.31. The van der Waals surface area contributed by atoms with Crippen LogP contribution in [0.1, 0.15) is 67.0 Å². The molecular weight excluding hydrogens is 379 g/mol. The van der Waals surface area contributed by atoms with Gasteiger partial charge in [0.2, 0.25) is 11.1 Å². The number of hydrogen-bond acceptors (Lipinski definition) is 5. The number of H-pyrrole nitrogens is 1. The number of aromatic amines is 1. The zero-order chi connectivity index (χ0) is 19.5. The third-order valence-corrected chi connectivity index (χ3v) is 6.56. The third-order valence-electron chi connectivity index (χ3n) is 5.45. The van der Waals surface area contributed by atoms with Crippen LogP contribution in [0.15, 0.2) is 29.4 Å². The molecule has 1 saturated heterocycles. The Kier molecular flexibility index (Phi) is 5.75. The molecule has 1 N–H and O–H groups in total. The molecule has 0 bridgehead atoms. The van der Waals surface area contributed by atoms with E-state index in [1.54, 1.807) is 0 Å². The van der Waals surface area contributed by atoms with Crippen molar-refractivity contribution < 1.29 is 14.0 Å². The van der Waals surface area contributed by atoms with E-state index >= 15 is 0 Å². The van der Waals surface area contributed by atoms with Gasteiger partial charge in [-0.25, -0.2) is 9.37 Å². The van der Waals surface area contributed by atoms with Gasteiger partial charge in [0.1, 0.15) is 11.6 Å². The maximum absolute atomic E-state index is 13.1. The van der Waals surface area contributed by atoms with Crippen LogP contribution in [0.25, 0.3) is 0 Å². The minimum Gasteiger partial charge on any atom is -0.278 e. The first-order valence-electron chi connectivity index (χ1n) is 9.82. The predicted octanol–water partition coefficient (Wildman–Crippen LogP) is 3.92. The van der Waals surface area contributed by atoms with Crippen LogP contribution in [0.4, 0.5) is 4.39 Å². The Bertz CT molecular complexity index is 848. The Morgan fingerprint density at radius 1 is 1.11 bits per heavy atom. The molecule has 2 fully saturated rings. The Balaban J connectivity index is 1.47. The Morgan fingerprint density at radius 2 is 1.82 bits per heavy atom. The van der Waals surface area contributed by atoms with Gasteiger partial charge in [0.15, 0.2) is 0 Å². The highest BCUT2D eigenvalue weighted by atomic mass is 32.2. The van der Waals surface area contributed by atoms with Crippen molar-refractivity contribution in [2.24, 2.45) is 0 Å². The van der Waals surface area contributed by atoms with Gasteiger partial charge in [-0.15, -0.1) is 5.10 Å². The summed E-state index contributed by atoms with van der Waals surface area (Å²) >= 11 is 1.33. The van der Waals surface area contributed by atoms with Crippen molar-refractivity contribution in [3.8, 4) is 0 Å². The zero-order valence-electron chi connectivity index (χ0n) is 15.6. The van der Waals surface area contributed by atoms with E-state index in [2.05, 4.69) is 15.2 Å². The van der Waals surface area contributed by atoms with Gasteiger partial charge >= 0.3 is 0 Å². The van der Waals surface area contributed by atoms with Gasteiger partial charge in [0.05, 0.1) is 5.25 Å². The van der Waals surface area contributed by atoms with E-state index in [9.17, 15) is 14.0 Å². The monoisotopic (exact) mass is 402 g/mol. The first-order chi connectivity index (χ1) is 13.6. The smallest absolute Gasteiger partial charge is 0.260 e. The number of imide groups is 1. The van der Waals surface area contributed by atoms with E-state index in [-0.39, 0.29) is 17.1 Å². The van der Waals surface area contributed by atoms with Gasteiger partial charge in [-0.05, 0) is 49.9 Å². The highest BCUT2D eigenvalue weighted by Crippen LogP contribution is 2.34. The summed E-state index contributed by atoms with van der Waals surface area (Å²) in [5, 5.41) is 7.49. The van der Waals surface area contributed by atoms with Crippen LogP contribution in [0.3, 0.4) is 0 Å². The van der Waals surface area contributed by atoms with E-state index in [0.717, 1.165) is 31.5 Å². The molecule has 28 heavy (non-hydrogen) atoms. The molecule has 1 saturated carbocycles. The SMILES string of the molecule is O=C(c1ccc(F)cc1)N1CCCCC(Sc2n[nH]c(C3CCCC3)n2)C1=O. The number of hydrogen-bond donors (Lipinski definition) is 1. The van der Waals surface area contributed by atoms with E-state index in [4.69, 9.17) is 0 Å². The van der Waals surface area contributed by atoms with E-state index < -0.39 is 5.82 Å². The van der Waals surface area contributed by atoms with Gasteiger partial charge in [0, 0.05) is 18.0 Å². The summed E-state index contributed by atoms with van der Waals surface area (Å²) < 4.78 is 13.1. The summed E-state index contributed by atoms with van der Waals surface area (Å²) in [4.78, 5) is 31.7. The molecule has 0 spiro atoms. The molecule has 1 aliphatic carbocycles. The van der Waals surface area contributed by atoms with Crippen LogP contribution in [0.2, 0.25) is 0 Å². The van der Waals surface area contributed by atoms with Crippen molar-refractivity contribution >= 4 is 23.6 Å². The topological polar surface area (TPSA) is 79.0 Å². The highest BCUT2D eigenvalue weighted by Gasteiger charge is 2.33. The van der Waals surface area contributed by atoms with Gasteiger partial charge in [-0.2, -0.15) is 0 Å². The fourth-order valence-electron chi connectivity index (χ4n) is 3.89. The molecule has 0 radical (unpaired) electrons. The van der Waals surface area contributed by atoms with Crippen LogP contribution in [-0.2, 0) is 4.79 Å². The average molecular weight is 402 g/mol. The average Bonchev–Trinajstić information content (AvgIpc) is 3.35. The van der Waals surface area contributed by atoms with Gasteiger partial charge in [0.25, 0.3) is 5.91 Å². The maximum Gasteiger partial charge on any atom is 0.260 e. The van der Waals surface area contributed by atoms with E-state index in [0.29, 0.717) is 29.6 Å².